The Labute approximate surface area is 197 Å². The van der Waals surface area contributed by atoms with Crippen LogP contribution in [0.3, 0.4) is 0 Å². The number of nitrogens with zero attached hydrogens (tertiary/aromatic N) is 4. The Morgan fingerprint density at radius 2 is 1.83 bits per heavy atom. The number of carbonyl (C=O) groups is 1. The number of aromatic nitrogens is 4. The molecular weight excluding hydrogens is 457 g/mol. The smallest absolute Gasteiger partial charge is 0.368 e. The van der Waals surface area contributed by atoms with E-state index >= 15 is 0 Å². The summed E-state index contributed by atoms with van der Waals surface area (Å²) < 4.78 is 40.5. The van der Waals surface area contributed by atoms with Gasteiger partial charge in [0.25, 0.3) is 0 Å². The van der Waals surface area contributed by atoms with Gasteiger partial charge in [-0.2, -0.15) is 18.3 Å². The van der Waals surface area contributed by atoms with E-state index in [0.29, 0.717) is 0 Å². The quantitative estimate of drug-likeness (QED) is 0.357. The second-order valence-corrected chi connectivity index (χ2v) is 8.10. The first-order valence-electron chi connectivity index (χ1n) is 10.6. The van der Waals surface area contributed by atoms with Gasteiger partial charge in [-0.25, -0.2) is 9.97 Å². The summed E-state index contributed by atoms with van der Waals surface area (Å²) in [6.07, 6.45) is -3.03. The topological polar surface area (TPSA) is 98.7 Å². The lowest BCUT2D eigenvalue weighted by molar-refractivity contribution is -0.137. The Morgan fingerprint density at radius 3 is 2.60 bits per heavy atom. The van der Waals surface area contributed by atoms with Crippen LogP contribution in [0.4, 0.5) is 24.9 Å². The summed E-state index contributed by atoms with van der Waals surface area (Å²) in [5, 5.41) is 9.67. The summed E-state index contributed by atoms with van der Waals surface area (Å²) in [7, 11) is 1.75. The summed E-state index contributed by atoms with van der Waals surface area (Å²) in [4.78, 5) is 21.0. The van der Waals surface area contributed by atoms with Crippen molar-refractivity contribution in [3.63, 3.8) is 0 Å². The van der Waals surface area contributed by atoms with Gasteiger partial charge < -0.3 is 11.1 Å². The van der Waals surface area contributed by atoms with Crippen molar-refractivity contribution in [2.24, 2.45) is 7.05 Å². The average Bonchev–Trinajstić information content (AvgIpc) is 3.17. The van der Waals surface area contributed by atoms with Crippen molar-refractivity contribution in [1.82, 2.24) is 19.7 Å². The number of carbonyl (C=O) groups excluding carboxylic acids is 1. The van der Waals surface area contributed by atoms with Gasteiger partial charge in [-0.15, -0.1) is 0 Å². The SMILES string of the molecule is Cn1nc(NC(=O)Cc2cccc(C(F)(F)F)c2)cc1-c1cc2cnc(N)nc2c2ccccc12. The lowest BCUT2D eigenvalue weighted by Crippen LogP contribution is -2.15. The van der Waals surface area contributed by atoms with Crippen LogP contribution in [0.15, 0.2) is 66.9 Å². The zero-order valence-corrected chi connectivity index (χ0v) is 18.5. The number of hydrogen-bond donors (Lipinski definition) is 2. The van der Waals surface area contributed by atoms with Crippen molar-refractivity contribution >= 4 is 39.3 Å². The summed E-state index contributed by atoms with van der Waals surface area (Å²) in [6.45, 7) is 0. The lowest BCUT2D eigenvalue weighted by Gasteiger charge is -2.10. The highest BCUT2D eigenvalue weighted by Gasteiger charge is 2.30. The van der Waals surface area contributed by atoms with Crippen molar-refractivity contribution in [3.05, 3.63) is 78.0 Å². The van der Waals surface area contributed by atoms with Crippen LogP contribution in [-0.4, -0.2) is 25.7 Å². The van der Waals surface area contributed by atoms with Gasteiger partial charge in [-0.05, 0) is 23.1 Å². The molecule has 1 amide bonds. The number of nitrogens with one attached hydrogen (secondary N) is 1. The number of halogens is 3. The van der Waals surface area contributed by atoms with Crippen molar-refractivity contribution in [2.45, 2.75) is 12.6 Å². The van der Waals surface area contributed by atoms with Crippen molar-refractivity contribution in [2.75, 3.05) is 11.1 Å². The molecule has 0 unspecified atom stereocenters. The van der Waals surface area contributed by atoms with Crippen LogP contribution in [-0.2, 0) is 24.4 Å². The molecule has 0 saturated heterocycles. The number of fused-ring (bicyclic) bond motifs is 3. The molecule has 2 heterocycles. The fourth-order valence-corrected chi connectivity index (χ4v) is 4.11. The maximum atomic E-state index is 13.0. The van der Waals surface area contributed by atoms with Crippen molar-refractivity contribution in [1.29, 1.82) is 0 Å². The minimum absolute atomic E-state index is 0.182. The minimum Gasteiger partial charge on any atom is -0.368 e. The predicted molar refractivity (Wildman–Crippen MR) is 127 cm³/mol. The molecule has 0 aliphatic heterocycles. The van der Waals surface area contributed by atoms with E-state index in [4.69, 9.17) is 5.73 Å². The number of nitrogen functional groups attached to an aromatic ring is 1. The molecule has 5 rings (SSSR count). The molecule has 3 aromatic carbocycles. The van der Waals surface area contributed by atoms with Crippen LogP contribution in [0, 0.1) is 0 Å². The Morgan fingerprint density at radius 1 is 1.06 bits per heavy atom. The largest absolute Gasteiger partial charge is 0.416 e. The van der Waals surface area contributed by atoms with E-state index in [2.05, 4.69) is 20.4 Å². The van der Waals surface area contributed by atoms with Crippen LogP contribution in [0.25, 0.3) is 32.9 Å². The van der Waals surface area contributed by atoms with Crippen LogP contribution in [0.1, 0.15) is 11.1 Å². The molecule has 0 saturated carbocycles. The Hall–Kier alpha value is -4.47. The highest BCUT2D eigenvalue weighted by molar-refractivity contribution is 6.12. The number of amides is 1. The van der Waals surface area contributed by atoms with Gasteiger partial charge in [0.2, 0.25) is 11.9 Å². The molecule has 2 aromatic heterocycles. The molecule has 5 aromatic rings. The maximum Gasteiger partial charge on any atom is 0.416 e. The zero-order valence-electron chi connectivity index (χ0n) is 18.5. The third kappa shape index (κ3) is 4.37. The molecule has 0 atom stereocenters. The number of nitrogens with two attached hydrogens (primary N) is 1. The number of aryl methyl sites for hydroxylation is 1. The molecule has 0 aliphatic carbocycles. The molecule has 0 fully saturated rings. The molecule has 10 heteroatoms. The first-order valence-corrected chi connectivity index (χ1v) is 10.6. The monoisotopic (exact) mass is 476 g/mol. The van der Waals surface area contributed by atoms with Crippen LogP contribution < -0.4 is 11.1 Å². The normalized spacial score (nSPS) is 11.8. The second-order valence-electron chi connectivity index (χ2n) is 8.10. The minimum atomic E-state index is -4.47. The third-order valence-corrected chi connectivity index (χ3v) is 5.65. The molecule has 176 valence electrons. The number of benzene rings is 3. The van der Waals surface area contributed by atoms with Gasteiger partial charge in [0.15, 0.2) is 5.82 Å². The van der Waals surface area contributed by atoms with E-state index in [0.717, 1.165) is 45.1 Å². The summed E-state index contributed by atoms with van der Waals surface area (Å²) in [6, 6.07) is 16.1. The Kier molecular flexibility index (Phi) is 5.35. The number of anilines is 2. The van der Waals surface area contributed by atoms with E-state index in [1.807, 2.05) is 30.3 Å². The van der Waals surface area contributed by atoms with Crippen molar-refractivity contribution < 1.29 is 18.0 Å². The van der Waals surface area contributed by atoms with Crippen LogP contribution >= 0.6 is 0 Å². The van der Waals surface area contributed by atoms with Crippen LogP contribution in [0.2, 0.25) is 0 Å². The molecule has 0 aliphatic rings. The Balaban J connectivity index is 1.46. The van der Waals surface area contributed by atoms with Gasteiger partial charge in [0, 0.05) is 35.6 Å². The fraction of sp³-hybridized carbons (Fsp3) is 0.120. The molecule has 3 N–H and O–H groups in total. The van der Waals surface area contributed by atoms with Gasteiger partial charge in [-0.3, -0.25) is 9.48 Å². The Bertz CT molecular complexity index is 1590. The second kappa shape index (κ2) is 8.39. The molecule has 0 bridgehead atoms. The average molecular weight is 476 g/mol. The third-order valence-electron chi connectivity index (χ3n) is 5.65. The molecule has 7 nitrogen and oxygen atoms in total. The predicted octanol–water partition coefficient (Wildman–Crippen LogP) is 4.97. The summed E-state index contributed by atoms with van der Waals surface area (Å²) >= 11 is 0. The molecule has 35 heavy (non-hydrogen) atoms. The zero-order chi connectivity index (χ0) is 24.7. The van der Waals surface area contributed by atoms with Gasteiger partial charge in [-0.1, -0.05) is 42.5 Å². The molecular formula is C25H19F3N6O. The molecule has 0 spiro atoms. The van der Waals surface area contributed by atoms with E-state index in [9.17, 15) is 18.0 Å². The highest BCUT2D eigenvalue weighted by Crippen LogP contribution is 2.35. The molecule has 0 radical (unpaired) electrons. The first-order chi connectivity index (χ1) is 16.7. The number of rotatable bonds is 4. The summed E-state index contributed by atoms with van der Waals surface area (Å²) in [5.41, 5.74) is 7.57. The fourth-order valence-electron chi connectivity index (χ4n) is 4.11. The van der Waals surface area contributed by atoms with Gasteiger partial charge in [0.05, 0.1) is 23.2 Å². The lowest BCUT2D eigenvalue weighted by atomic mass is 9.99. The summed E-state index contributed by atoms with van der Waals surface area (Å²) in [5.74, 6) is 0.000125. The first kappa shape index (κ1) is 22.3. The maximum absolute atomic E-state index is 13.0. The van der Waals surface area contributed by atoms with Crippen molar-refractivity contribution in [3.8, 4) is 11.3 Å². The van der Waals surface area contributed by atoms with Crippen LogP contribution in [0.5, 0.6) is 0 Å². The van der Waals surface area contributed by atoms with E-state index in [-0.39, 0.29) is 23.8 Å². The van der Waals surface area contributed by atoms with E-state index in [1.165, 1.54) is 12.1 Å². The van der Waals surface area contributed by atoms with E-state index in [1.54, 1.807) is 24.0 Å². The van der Waals surface area contributed by atoms with E-state index < -0.39 is 17.6 Å². The highest BCUT2D eigenvalue weighted by atomic mass is 19.4. The number of alkyl halides is 3. The number of hydrogen-bond acceptors (Lipinski definition) is 5. The standard InChI is InChI=1S/C25H19F3N6O/c1-34-20(19-11-15-13-30-24(29)32-23(15)18-8-3-2-7-17(18)19)12-21(33-34)31-22(35)10-14-5-4-6-16(9-14)25(26,27)28/h2-9,11-13H,10H2,1H3,(H2,29,30,32)(H,31,33,35). The van der Waals surface area contributed by atoms with Gasteiger partial charge >= 0.3 is 6.18 Å². The van der Waals surface area contributed by atoms with Gasteiger partial charge in [0.1, 0.15) is 0 Å².